The fraction of sp³-hybridized carbons (Fsp3) is 0.0323. The molecule has 0 spiro atoms. The van der Waals surface area contributed by atoms with Crippen molar-refractivity contribution in [2.75, 3.05) is 0 Å². The molecule has 0 radical (unpaired) electrons. The highest BCUT2D eigenvalue weighted by molar-refractivity contribution is 7.26. The third kappa shape index (κ3) is 5.68. The average molecular weight is 858 g/mol. The molecule has 0 saturated carbocycles. The Morgan fingerprint density at radius 2 is 1.05 bits per heavy atom. The number of nitrogens with zero attached hydrogens (tertiary/aromatic N) is 3. The third-order valence-electron chi connectivity index (χ3n) is 13.8. The molecule has 0 atom stereocenters. The third-order valence-corrected chi connectivity index (χ3v) is 15.0. The number of thiophene rings is 1. The van der Waals surface area contributed by atoms with E-state index in [2.05, 4.69) is 217 Å². The van der Waals surface area contributed by atoms with Crippen LogP contribution in [0.5, 0.6) is 0 Å². The Balaban J connectivity index is 1.09. The van der Waals surface area contributed by atoms with Gasteiger partial charge in [0.2, 0.25) is 0 Å². The molecule has 1 aliphatic heterocycles. The summed E-state index contributed by atoms with van der Waals surface area (Å²) >= 11 is 1.89. The van der Waals surface area contributed by atoms with Gasteiger partial charge in [0.15, 0.2) is 5.84 Å². The summed E-state index contributed by atoms with van der Waals surface area (Å²) in [7, 11) is 0. The minimum atomic E-state index is 0.714. The predicted molar refractivity (Wildman–Crippen MR) is 284 cm³/mol. The summed E-state index contributed by atoms with van der Waals surface area (Å²) in [5.41, 5.74) is 8.76. The molecule has 0 unspecified atom stereocenters. The normalized spacial score (nSPS) is 13.6. The number of hydrogen-bond acceptors (Lipinski definition) is 3. The van der Waals surface area contributed by atoms with Crippen molar-refractivity contribution in [2.45, 2.75) is 12.8 Å². The Kier molecular flexibility index (Phi) is 8.28. The van der Waals surface area contributed by atoms with Gasteiger partial charge < -0.3 is 4.57 Å². The highest BCUT2D eigenvalue weighted by Crippen LogP contribution is 2.46. The van der Waals surface area contributed by atoms with Gasteiger partial charge in [-0.05, 0) is 97.0 Å². The molecule has 0 aliphatic carbocycles. The van der Waals surface area contributed by atoms with Gasteiger partial charge in [0.25, 0.3) is 0 Å². The smallest absolute Gasteiger partial charge is 0.160 e. The molecule has 0 N–H and O–H groups in total. The van der Waals surface area contributed by atoms with E-state index in [4.69, 9.17) is 9.98 Å². The van der Waals surface area contributed by atoms with Crippen LogP contribution in [-0.2, 0) is 0 Å². The monoisotopic (exact) mass is 857 g/mol. The molecule has 2 aromatic heterocycles. The van der Waals surface area contributed by atoms with Crippen molar-refractivity contribution in [3.63, 3.8) is 0 Å². The van der Waals surface area contributed by atoms with Crippen LogP contribution >= 0.6 is 11.3 Å². The van der Waals surface area contributed by atoms with E-state index < -0.39 is 0 Å². The molecule has 66 heavy (non-hydrogen) atoms. The number of benzene rings is 11. The van der Waals surface area contributed by atoms with Crippen LogP contribution in [0.1, 0.15) is 29.5 Å². The molecule has 3 nitrogen and oxygen atoms in total. The highest BCUT2D eigenvalue weighted by atomic mass is 32.1. The maximum Gasteiger partial charge on any atom is 0.160 e. The molecule has 0 saturated heterocycles. The first-order chi connectivity index (χ1) is 32.7. The van der Waals surface area contributed by atoms with E-state index in [1.807, 2.05) is 11.3 Å². The maximum atomic E-state index is 5.85. The molecule has 0 bridgehead atoms. The van der Waals surface area contributed by atoms with Gasteiger partial charge >= 0.3 is 0 Å². The van der Waals surface area contributed by atoms with Gasteiger partial charge in [-0.2, -0.15) is 0 Å². The van der Waals surface area contributed by atoms with Crippen molar-refractivity contribution in [2.24, 2.45) is 9.98 Å². The van der Waals surface area contributed by atoms with E-state index in [1.165, 1.54) is 90.8 Å². The molecular weight excluding hydrogens is 819 g/mol. The first-order valence-corrected chi connectivity index (χ1v) is 23.6. The minimum absolute atomic E-state index is 0.714. The van der Waals surface area contributed by atoms with E-state index in [9.17, 15) is 0 Å². The molecule has 14 rings (SSSR count). The van der Waals surface area contributed by atoms with Crippen LogP contribution in [0, 0.1) is 0 Å². The van der Waals surface area contributed by atoms with Crippen molar-refractivity contribution in [1.29, 1.82) is 0 Å². The summed E-state index contributed by atoms with van der Waals surface area (Å²) < 4.78 is 5.08. The Bertz CT molecular complexity index is 4290. The first kappa shape index (κ1) is 37.2. The Morgan fingerprint density at radius 3 is 1.88 bits per heavy atom. The van der Waals surface area contributed by atoms with Gasteiger partial charge in [0.05, 0.1) is 32.8 Å². The van der Waals surface area contributed by atoms with E-state index in [1.54, 1.807) is 0 Å². The zero-order valence-corrected chi connectivity index (χ0v) is 36.7. The molecule has 4 heteroatoms. The van der Waals surface area contributed by atoms with E-state index in [0.717, 1.165) is 51.7 Å². The maximum absolute atomic E-state index is 5.85. The fourth-order valence-electron chi connectivity index (χ4n) is 10.8. The van der Waals surface area contributed by atoms with Gasteiger partial charge in [-0.3, -0.25) is 0 Å². The second-order valence-electron chi connectivity index (χ2n) is 17.5. The number of hydrogen-bond donors (Lipinski definition) is 0. The summed E-state index contributed by atoms with van der Waals surface area (Å²) in [4.78, 5) is 11.6. The van der Waals surface area contributed by atoms with Gasteiger partial charge in [-0.25, -0.2) is 9.98 Å². The summed E-state index contributed by atoms with van der Waals surface area (Å²) in [5, 5.41) is 17.2. The van der Waals surface area contributed by atoms with Crippen LogP contribution in [0.2, 0.25) is 0 Å². The van der Waals surface area contributed by atoms with E-state index in [0.29, 0.717) is 5.84 Å². The van der Waals surface area contributed by atoms with E-state index >= 15 is 0 Å². The van der Waals surface area contributed by atoms with Gasteiger partial charge in [-0.15, -0.1) is 11.3 Å². The van der Waals surface area contributed by atoms with Crippen molar-refractivity contribution in [3.8, 4) is 5.69 Å². The summed E-state index contributed by atoms with van der Waals surface area (Å²) in [6, 6.07) is 75.5. The molecular formula is C62H39N3S. The summed E-state index contributed by atoms with van der Waals surface area (Å²) in [6.07, 6.45) is 3.85. The fourth-order valence-corrected chi connectivity index (χ4v) is 12.1. The second-order valence-corrected chi connectivity index (χ2v) is 18.6. The number of aliphatic imine (C=N–C) groups is 2. The molecule has 13 aromatic rings. The van der Waals surface area contributed by atoms with Crippen LogP contribution < -0.4 is 0 Å². The van der Waals surface area contributed by atoms with Gasteiger partial charge in [0, 0.05) is 42.9 Å². The van der Waals surface area contributed by atoms with Gasteiger partial charge in [-0.1, -0.05) is 182 Å². The lowest BCUT2D eigenvalue weighted by molar-refractivity contribution is 1.08. The predicted octanol–water partition coefficient (Wildman–Crippen LogP) is 17.0. The van der Waals surface area contributed by atoms with Crippen molar-refractivity contribution >= 4 is 124 Å². The number of para-hydroxylation sites is 1. The lowest BCUT2D eigenvalue weighted by Gasteiger charge is -2.19. The molecule has 308 valence electrons. The topological polar surface area (TPSA) is 29.6 Å². The second kappa shape index (κ2) is 14.7. The Hall–Kier alpha value is -8.18. The lowest BCUT2D eigenvalue weighted by Crippen LogP contribution is -2.13. The zero-order valence-electron chi connectivity index (χ0n) is 35.9. The molecule has 0 fully saturated rings. The summed E-state index contributed by atoms with van der Waals surface area (Å²) in [6.45, 7) is 0. The quantitative estimate of drug-likeness (QED) is 0.158. The molecule has 3 heterocycles. The summed E-state index contributed by atoms with van der Waals surface area (Å²) in [5.74, 6) is 0.714. The number of allylic oxidation sites excluding steroid dienone is 1. The number of fused-ring (bicyclic) bond motifs is 13. The van der Waals surface area contributed by atoms with Crippen molar-refractivity contribution in [3.05, 3.63) is 229 Å². The lowest BCUT2D eigenvalue weighted by atomic mass is 9.94. The van der Waals surface area contributed by atoms with Crippen LogP contribution in [-0.4, -0.2) is 16.1 Å². The molecule has 1 aliphatic rings. The number of rotatable bonds is 4. The molecule has 0 amide bonds. The van der Waals surface area contributed by atoms with Crippen LogP contribution in [0.15, 0.2) is 222 Å². The van der Waals surface area contributed by atoms with Gasteiger partial charge in [0.1, 0.15) is 0 Å². The Labute approximate surface area is 384 Å². The minimum Gasteiger partial charge on any atom is -0.307 e. The van der Waals surface area contributed by atoms with Crippen LogP contribution in [0.4, 0.5) is 0 Å². The standard InChI is InChI=1S/C62H39N3S/c1-2-18-41-37-57-53(35-40(41)17-1)48-26-11-12-30-56(48)65(57)60-50(32-33-51-59-45-23-8-4-16-39(45)31-34-58(59)66-61(51)60)54-28-14-29-55(64-62(63-54)49-27-13-20-38-15-3-6-21-43(38)49)52-36-42-19-5-7-22-44(42)46-24-9-10-25-47(46)52/h1-13,15-27,29-37H,14,28H2. The first-order valence-electron chi connectivity index (χ1n) is 22.8. The van der Waals surface area contributed by atoms with Crippen molar-refractivity contribution < 1.29 is 0 Å². The van der Waals surface area contributed by atoms with Crippen LogP contribution in [0.3, 0.4) is 0 Å². The molecule has 11 aromatic carbocycles. The van der Waals surface area contributed by atoms with Crippen LogP contribution in [0.25, 0.3) is 107 Å². The Morgan fingerprint density at radius 1 is 0.394 bits per heavy atom. The van der Waals surface area contributed by atoms with E-state index in [-0.39, 0.29) is 0 Å². The highest BCUT2D eigenvalue weighted by Gasteiger charge is 2.25. The average Bonchev–Trinajstić information content (AvgIpc) is 3.91. The SMILES string of the molecule is C1=C(c2cc3ccccc3c3ccccc23)N=C(c2cccc3ccccc23)N=C(c2ccc3c(sc4ccc5ccccc5c43)c2-n2c3ccccc3c3cc4ccccc4cc32)CC1. The number of aromatic nitrogens is 1. The van der Waals surface area contributed by atoms with Crippen molar-refractivity contribution in [1.82, 2.24) is 4.57 Å². The number of amidine groups is 1. The largest absolute Gasteiger partial charge is 0.307 e. The zero-order chi connectivity index (χ0) is 43.3.